The number of fused-ring (bicyclic) bond motifs is 2. The maximum Gasteiger partial charge on any atom is 0.296 e. The lowest BCUT2D eigenvalue weighted by atomic mass is 9.84. The maximum atomic E-state index is 12.6. The maximum absolute atomic E-state index is 12.6. The predicted molar refractivity (Wildman–Crippen MR) is 79.4 cm³/mol. The first-order valence-electron chi connectivity index (χ1n) is 6.34. The molecule has 0 bridgehead atoms. The Morgan fingerprint density at radius 3 is 1.71 bits per heavy atom. The minimum Gasteiger partial charge on any atom is -0.289 e. The van der Waals surface area contributed by atoms with Crippen molar-refractivity contribution in [2.75, 3.05) is 0 Å². The van der Waals surface area contributed by atoms with Gasteiger partial charge in [0, 0.05) is 16.7 Å². The summed E-state index contributed by atoms with van der Waals surface area (Å²) in [4.78, 5) is 22.6. The molecule has 0 spiro atoms. The molecule has 8 nitrogen and oxygen atoms in total. The van der Waals surface area contributed by atoms with E-state index in [4.69, 9.17) is 0 Å². The zero-order valence-electron chi connectivity index (χ0n) is 11.6. The fraction of sp³-hybridized carbons (Fsp3) is 0. The molecule has 0 saturated heterocycles. The van der Waals surface area contributed by atoms with Crippen molar-refractivity contribution in [3.8, 4) is 0 Å². The minimum absolute atomic E-state index is 0.0240. The van der Waals surface area contributed by atoms with E-state index in [1.165, 1.54) is 24.3 Å². The van der Waals surface area contributed by atoms with Crippen LogP contribution in [-0.2, 0) is 20.2 Å². The molecule has 0 saturated carbocycles. The van der Waals surface area contributed by atoms with Gasteiger partial charge in [0.25, 0.3) is 20.2 Å². The third kappa shape index (κ3) is 2.36. The molecule has 1 aliphatic rings. The second-order valence-corrected chi connectivity index (χ2v) is 7.72. The average Bonchev–Trinajstić information content (AvgIpc) is 2.49. The van der Waals surface area contributed by atoms with Crippen LogP contribution in [0.4, 0.5) is 0 Å². The van der Waals surface area contributed by atoms with Crippen molar-refractivity contribution in [3.63, 3.8) is 0 Å². The Balaban J connectivity index is 2.51. The lowest BCUT2D eigenvalue weighted by Gasteiger charge is -2.20. The van der Waals surface area contributed by atoms with E-state index in [-0.39, 0.29) is 16.7 Å². The molecule has 0 unspecified atom stereocenters. The summed E-state index contributed by atoms with van der Waals surface area (Å²) >= 11 is 0. The van der Waals surface area contributed by atoms with E-state index < -0.39 is 47.2 Å². The summed E-state index contributed by atoms with van der Waals surface area (Å²) in [5, 5.41) is 0. The highest BCUT2D eigenvalue weighted by molar-refractivity contribution is 7.89. The molecule has 0 aliphatic heterocycles. The molecule has 1 aliphatic carbocycles. The van der Waals surface area contributed by atoms with Crippen molar-refractivity contribution in [2.45, 2.75) is 9.79 Å². The van der Waals surface area contributed by atoms with Gasteiger partial charge in [0.15, 0.2) is 11.6 Å². The summed E-state index contributed by atoms with van der Waals surface area (Å²) in [7, 11) is -10.3. The third-order valence-corrected chi connectivity index (χ3v) is 5.51. The molecule has 2 aromatic carbocycles. The highest BCUT2D eigenvalue weighted by Crippen LogP contribution is 2.35. The molecular weight excluding hydrogens is 360 g/mol. The van der Waals surface area contributed by atoms with E-state index in [9.17, 15) is 35.5 Å². The van der Waals surface area contributed by atoms with Crippen LogP contribution in [0.25, 0.3) is 0 Å². The summed E-state index contributed by atoms with van der Waals surface area (Å²) in [6, 6.07) is 7.15. The highest BCUT2D eigenvalue weighted by Gasteiger charge is 2.38. The molecule has 0 radical (unpaired) electrons. The number of ketones is 2. The SMILES string of the molecule is O=C1c2ccccc2C(=O)c2c1ccc(S(=O)(=O)O)c2S(=O)(=O)O. The number of hydrogen-bond acceptors (Lipinski definition) is 6. The van der Waals surface area contributed by atoms with Gasteiger partial charge < -0.3 is 0 Å². The number of hydrogen-bond donors (Lipinski definition) is 2. The Bertz CT molecular complexity index is 1130. The fourth-order valence-electron chi connectivity index (χ4n) is 2.60. The molecule has 2 N–H and O–H groups in total. The monoisotopic (exact) mass is 368 g/mol. The topological polar surface area (TPSA) is 143 Å². The average molecular weight is 368 g/mol. The van der Waals surface area contributed by atoms with Crippen molar-refractivity contribution < 1.29 is 35.5 Å². The second-order valence-electron chi connectivity index (χ2n) is 4.97. The van der Waals surface area contributed by atoms with Gasteiger partial charge in [-0.1, -0.05) is 24.3 Å². The summed E-state index contributed by atoms with van der Waals surface area (Å²) in [6.07, 6.45) is 0. The lowest BCUT2D eigenvalue weighted by Crippen LogP contribution is -2.25. The van der Waals surface area contributed by atoms with E-state index >= 15 is 0 Å². The first-order valence-corrected chi connectivity index (χ1v) is 9.22. The van der Waals surface area contributed by atoms with Crippen LogP contribution < -0.4 is 0 Å². The minimum atomic E-state index is -5.23. The molecule has 0 aromatic heterocycles. The van der Waals surface area contributed by atoms with E-state index in [0.29, 0.717) is 6.07 Å². The van der Waals surface area contributed by atoms with E-state index in [2.05, 4.69) is 0 Å². The van der Waals surface area contributed by atoms with Gasteiger partial charge >= 0.3 is 0 Å². The van der Waals surface area contributed by atoms with Gasteiger partial charge in [-0.25, -0.2) is 0 Å². The van der Waals surface area contributed by atoms with Crippen LogP contribution in [0.3, 0.4) is 0 Å². The van der Waals surface area contributed by atoms with Gasteiger partial charge in [0.1, 0.15) is 9.79 Å². The van der Waals surface area contributed by atoms with Crippen molar-refractivity contribution in [3.05, 3.63) is 58.7 Å². The largest absolute Gasteiger partial charge is 0.296 e. The van der Waals surface area contributed by atoms with Gasteiger partial charge in [-0.2, -0.15) is 16.8 Å². The van der Waals surface area contributed by atoms with Crippen LogP contribution in [0.1, 0.15) is 31.8 Å². The Morgan fingerprint density at radius 1 is 0.667 bits per heavy atom. The first-order chi connectivity index (χ1) is 11.0. The second kappa shape index (κ2) is 5.05. The number of benzene rings is 2. The molecule has 24 heavy (non-hydrogen) atoms. The highest BCUT2D eigenvalue weighted by atomic mass is 32.2. The van der Waals surface area contributed by atoms with E-state index in [1.54, 1.807) is 0 Å². The smallest absolute Gasteiger partial charge is 0.289 e. The molecule has 10 heteroatoms. The van der Waals surface area contributed by atoms with Crippen molar-refractivity contribution >= 4 is 31.8 Å². The summed E-state index contributed by atoms with van der Waals surface area (Å²) < 4.78 is 64.7. The zero-order valence-corrected chi connectivity index (χ0v) is 13.3. The van der Waals surface area contributed by atoms with Gasteiger partial charge in [0.2, 0.25) is 0 Å². The van der Waals surface area contributed by atoms with Crippen molar-refractivity contribution in [1.29, 1.82) is 0 Å². The molecule has 2 aromatic rings. The van der Waals surface area contributed by atoms with Crippen LogP contribution in [0.5, 0.6) is 0 Å². The summed E-state index contributed by atoms with van der Waals surface area (Å²) in [6.45, 7) is 0. The zero-order chi connectivity index (χ0) is 17.9. The standard InChI is InChI=1S/C14H8O8S2/c15-12-7-3-1-2-4-8(7)13(16)11-9(12)5-6-10(23(17,18)19)14(11)24(20,21)22/h1-6H,(H,17,18,19)(H,20,21,22). The van der Waals surface area contributed by atoms with Crippen LogP contribution in [-0.4, -0.2) is 37.5 Å². The Labute approximate surface area is 136 Å². The van der Waals surface area contributed by atoms with Crippen LogP contribution in [0, 0.1) is 0 Å². The molecule has 0 heterocycles. The van der Waals surface area contributed by atoms with Gasteiger partial charge in [-0.15, -0.1) is 0 Å². The van der Waals surface area contributed by atoms with Crippen LogP contribution >= 0.6 is 0 Å². The molecular formula is C14H8O8S2. The molecule has 0 amide bonds. The first kappa shape index (κ1) is 16.5. The lowest BCUT2D eigenvalue weighted by molar-refractivity contribution is 0.0976. The third-order valence-electron chi connectivity index (χ3n) is 3.55. The van der Waals surface area contributed by atoms with Gasteiger partial charge in [-0.3, -0.25) is 18.7 Å². The quantitative estimate of drug-likeness (QED) is 0.637. The summed E-state index contributed by atoms with van der Waals surface area (Å²) in [5.41, 5.74) is -1.27. The Kier molecular flexibility index (Phi) is 3.46. The molecule has 124 valence electrons. The Morgan fingerprint density at radius 2 is 1.21 bits per heavy atom. The molecule has 0 fully saturated rings. The Hall–Kier alpha value is -2.40. The number of rotatable bonds is 2. The molecule has 3 rings (SSSR count). The fourth-order valence-corrected chi connectivity index (χ4v) is 4.59. The number of carbonyl (C=O) groups excluding carboxylic acids is 2. The van der Waals surface area contributed by atoms with Crippen LogP contribution in [0.15, 0.2) is 46.2 Å². The van der Waals surface area contributed by atoms with E-state index in [0.717, 1.165) is 6.07 Å². The molecule has 0 atom stereocenters. The van der Waals surface area contributed by atoms with E-state index in [1.807, 2.05) is 0 Å². The van der Waals surface area contributed by atoms with Crippen molar-refractivity contribution in [2.24, 2.45) is 0 Å². The van der Waals surface area contributed by atoms with Crippen molar-refractivity contribution in [1.82, 2.24) is 0 Å². The van der Waals surface area contributed by atoms with Crippen LogP contribution in [0.2, 0.25) is 0 Å². The van der Waals surface area contributed by atoms with Gasteiger partial charge in [0.05, 0.1) is 5.56 Å². The normalized spacial score (nSPS) is 14.2. The predicted octanol–water partition coefficient (Wildman–Crippen LogP) is 0.955. The summed E-state index contributed by atoms with van der Waals surface area (Å²) in [5.74, 6) is -1.65. The van der Waals surface area contributed by atoms with Gasteiger partial charge in [-0.05, 0) is 12.1 Å². The number of carbonyl (C=O) groups is 2.